The Morgan fingerprint density at radius 3 is 2.65 bits per heavy atom. The van der Waals surface area contributed by atoms with Crippen LogP contribution in [0, 0.1) is 5.92 Å². The molecule has 0 bridgehead atoms. The molecule has 1 saturated heterocycles. The number of oxazole rings is 1. The van der Waals surface area contributed by atoms with Gasteiger partial charge in [0.05, 0.1) is 17.7 Å². The highest BCUT2D eigenvalue weighted by Crippen LogP contribution is 2.27. The van der Waals surface area contributed by atoms with Crippen molar-refractivity contribution >= 4 is 38.7 Å². The van der Waals surface area contributed by atoms with Gasteiger partial charge in [-0.25, -0.2) is 13.1 Å². The topological polar surface area (TPSA) is 118 Å². The molecule has 5 rings (SSSR count). The van der Waals surface area contributed by atoms with Crippen molar-refractivity contribution in [2.75, 3.05) is 23.3 Å². The number of piperidine rings is 1. The first-order valence-electron chi connectivity index (χ1n) is 11.0. The lowest BCUT2D eigenvalue weighted by Gasteiger charge is -2.30. The molecule has 0 atom stereocenters. The van der Waals surface area contributed by atoms with Crippen molar-refractivity contribution in [2.24, 2.45) is 5.92 Å². The average Bonchev–Trinajstić information content (AvgIpc) is 3.53. The Morgan fingerprint density at radius 2 is 1.88 bits per heavy atom. The lowest BCUT2D eigenvalue weighted by molar-refractivity contribution is -0.120. The molecular formula is C24H24N4O5S. The molecule has 10 heteroatoms. The molecule has 2 aromatic carbocycles. The first-order valence-corrected chi connectivity index (χ1v) is 12.5. The van der Waals surface area contributed by atoms with Gasteiger partial charge in [0, 0.05) is 24.7 Å². The van der Waals surface area contributed by atoms with Gasteiger partial charge in [-0.05, 0) is 55.3 Å². The molecule has 1 aliphatic rings. The SMILES string of the molecule is O=C(Nc1cccc(S(=O)(=O)NCc2ccco2)c1)C1CCN(c2nc3ccccc3o2)CC1. The second-order valence-corrected chi connectivity index (χ2v) is 9.91. The molecule has 34 heavy (non-hydrogen) atoms. The number of carbonyl (C=O) groups is 1. The Kier molecular flexibility index (Phi) is 6.08. The summed E-state index contributed by atoms with van der Waals surface area (Å²) in [6, 6.07) is 17.8. The summed E-state index contributed by atoms with van der Waals surface area (Å²) in [5, 5.41) is 2.86. The van der Waals surface area contributed by atoms with E-state index in [0.717, 1.165) is 11.1 Å². The molecule has 1 aliphatic heterocycles. The second kappa shape index (κ2) is 9.32. The third kappa shape index (κ3) is 4.82. The van der Waals surface area contributed by atoms with E-state index in [-0.39, 0.29) is 23.3 Å². The van der Waals surface area contributed by atoms with Crippen molar-refractivity contribution in [3.05, 3.63) is 72.7 Å². The highest BCUT2D eigenvalue weighted by molar-refractivity contribution is 7.89. The fourth-order valence-electron chi connectivity index (χ4n) is 3.98. The molecule has 4 aromatic rings. The Balaban J connectivity index is 1.18. The predicted molar refractivity (Wildman–Crippen MR) is 127 cm³/mol. The summed E-state index contributed by atoms with van der Waals surface area (Å²) in [7, 11) is -3.75. The van der Waals surface area contributed by atoms with Crippen molar-refractivity contribution < 1.29 is 22.0 Å². The van der Waals surface area contributed by atoms with E-state index in [1.807, 2.05) is 29.2 Å². The van der Waals surface area contributed by atoms with Crippen LogP contribution in [0.4, 0.5) is 11.7 Å². The van der Waals surface area contributed by atoms with E-state index in [9.17, 15) is 13.2 Å². The van der Waals surface area contributed by atoms with Crippen LogP contribution in [0.1, 0.15) is 18.6 Å². The summed E-state index contributed by atoms with van der Waals surface area (Å²) < 4.78 is 38.7. The minimum Gasteiger partial charge on any atom is -0.468 e. The van der Waals surface area contributed by atoms with Gasteiger partial charge in [-0.15, -0.1) is 0 Å². The molecule has 9 nitrogen and oxygen atoms in total. The maximum absolute atomic E-state index is 12.8. The standard InChI is InChI=1S/C24H24N4O5S/c29-23(17-10-12-28(13-11-17)24-27-21-8-1-2-9-22(21)33-24)26-18-5-3-7-20(15-18)34(30,31)25-16-19-6-4-14-32-19/h1-9,14-15,17,25H,10-13,16H2,(H,26,29). The summed E-state index contributed by atoms with van der Waals surface area (Å²) in [4.78, 5) is 19.5. The number of amides is 1. The molecule has 0 radical (unpaired) electrons. The number of aromatic nitrogens is 1. The summed E-state index contributed by atoms with van der Waals surface area (Å²) in [5.74, 6) is 0.200. The van der Waals surface area contributed by atoms with Crippen LogP contribution in [0.5, 0.6) is 0 Å². The molecule has 1 amide bonds. The van der Waals surface area contributed by atoms with Crippen molar-refractivity contribution in [1.29, 1.82) is 0 Å². The molecule has 0 saturated carbocycles. The van der Waals surface area contributed by atoms with E-state index in [4.69, 9.17) is 8.83 Å². The van der Waals surface area contributed by atoms with E-state index in [2.05, 4.69) is 15.0 Å². The highest BCUT2D eigenvalue weighted by Gasteiger charge is 2.27. The molecule has 0 spiro atoms. The van der Waals surface area contributed by atoms with Gasteiger partial charge in [0.15, 0.2) is 5.58 Å². The second-order valence-electron chi connectivity index (χ2n) is 8.15. The Labute approximate surface area is 196 Å². The van der Waals surface area contributed by atoms with Crippen LogP contribution in [-0.4, -0.2) is 32.4 Å². The number of anilines is 2. The number of hydrogen-bond donors (Lipinski definition) is 2. The molecule has 176 valence electrons. The molecule has 0 aliphatic carbocycles. The number of sulfonamides is 1. The largest absolute Gasteiger partial charge is 0.468 e. The molecular weight excluding hydrogens is 456 g/mol. The van der Waals surface area contributed by atoms with Gasteiger partial charge in [-0.3, -0.25) is 4.79 Å². The van der Waals surface area contributed by atoms with E-state index >= 15 is 0 Å². The monoisotopic (exact) mass is 480 g/mol. The first kappa shape index (κ1) is 22.2. The van der Waals surface area contributed by atoms with Gasteiger partial charge < -0.3 is 19.1 Å². The fraction of sp³-hybridized carbons (Fsp3) is 0.250. The minimum absolute atomic E-state index is 0.0462. The number of nitrogens with zero attached hydrogens (tertiary/aromatic N) is 2. The number of benzene rings is 2. The fourth-order valence-corrected chi connectivity index (χ4v) is 5.02. The summed E-state index contributed by atoms with van der Waals surface area (Å²) >= 11 is 0. The van der Waals surface area contributed by atoms with Crippen LogP contribution < -0.4 is 14.9 Å². The predicted octanol–water partition coefficient (Wildman–Crippen LogP) is 3.75. The van der Waals surface area contributed by atoms with Gasteiger partial charge in [0.2, 0.25) is 15.9 Å². The molecule has 3 heterocycles. The lowest BCUT2D eigenvalue weighted by Crippen LogP contribution is -2.38. The molecule has 0 unspecified atom stereocenters. The van der Waals surface area contributed by atoms with Gasteiger partial charge >= 0.3 is 0 Å². The van der Waals surface area contributed by atoms with Crippen LogP contribution in [-0.2, 0) is 21.4 Å². The minimum atomic E-state index is -3.75. The average molecular weight is 481 g/mol. The van der Waals surface area contributed by atoms with Crippen LogP contribution >= 0.6 is 0 Å². The smallest absolute Gasteiger partial charge is 0.298 e. The zero-order valence-electron chi connectivity index (χ0n) is 18.3. The third-order valence-electron chi connectivity index (χ3n) is 5.85. The number of carbonyl (C=O) groups excluding carboxylic acids is 1. The number of hydrogen-bond acceptors (Lipinski definition) is 7. The van der Waals surface area contributed by atoms with Crippen LogP contribution in [0.3, 0.4) is 0 Å². The summed E-state index contributed by atoms with van der Waals surface area (Å²) in [6.07, 6.45) is 2.78. The zero-order valence-corrected chi connectivity index (χ0v) is 19.1. The van der Waals surface area contributed by atoms with E-state index < -0.39 is 10.0 Å². The number of fused-ring (bicyclic) bond motifs is 1. The molecule has 1 fully saturated rings. The van der Waals surface area contributed by atoms with Crippen LogP contribution in [0.25, 0.3) is 11.1 Å². The number of rotatable bonds is 7. The van der Waals surface area contributed by atoms with Crippen molar-refractivity contribution in [2.45, 2.75) is 24.3 Å². The Morgan fingerprint density at radius 1 is 1.06 bits per heavy atom. The summed E-state index contributed by atoms with van der Waals surface area (Å²) in [5.41, 5.74) is 1.99. The highest BCUT2D eigenvalue weighted by atomic mass is 32.2. The van der Waals surface area contributed by atoms with Gasteiger partial charge in [0.25, 0.3) is 6.01 Å². The quantitative estimate of drug-likeness (QED) is 0.414. The van der Waals surface area contributed by atoms with Crippen molar-refractivity contribution in [3.8, 4) is 0 Å². The Hall–Kier alpha value is -3.63. The van der Waals surface area contributed by atoms with Crippen molar-refractivity contribution in [3.63, 3.8) is 0 Å². The van der Waals surface area contributed by atoms with Crippen LogP contribution in [0.2, 0.25) is 0 Å². The van der Waals surface area contributed by atoms with Crippen LogP contribution in [0.15, 0.2) is 80.7 Å². The van der Waals surface area contributed by atoms with Gasteiger partial charge in [-0.2, -0.15) is 4.98 Å². The number of nitrogens with one attached hydrogen (secondary N) is 2. The lowest BCUT2D eigenvalue weighted by atomic mass is 9.96. The van der Waals surface area contributed by atoms with E-state index in [0.29, 0.717) is 43.4 Å². The zero-order chi connectivity index (χ0) is 23.5. The molecule has 2 aromatic heterocycles. The van der Waals surface area contributed by atoms with Crippen molar-refractivity contribution in [1.82, 2.24) is 9.71 Å². The van der Waals surface area contributed by atoms with E-state index in [1.165, 1.54) is 18.4 Å². The maximum Gasteiger partial charge on any atom is 0.298 e. The number of para-hydroxylation sites is 2. The first-order chi connectivity index (χ1) is 16.5. The Bertz CT molecular complexity index is 1360. The normalized spacial score (nSPS) is 15.0. The van der Waals surface area contributed by atoms with E-state index in [1.54, 1.807) is 24.3 Å². The maximum atomic E-state index is 12.8. The number of furan rings is 1. The third-order valence-corrected chi connectivity index (χ3v) is 7.25. The molecule has 2 N–H and O–H groups in total. The summed E-state index contributed by atoms with van der Waals surface area (Å²) in [6.45, 7) is 1.34. The van der Waals surface area contributed by atoms with Gasteiger partial charge in [0.1, 0.15) is 11.3 Å². The van der Waals surface area contributed by atoms with Gasteiger partial charge in [-0.1, -0.05) is 18.2 Å².